The van der Waals surface area contributed by atoms with Gasteiger partial charge in [0.05, 0.1) is 17.6 Å². The molecule has 0 bridgehead atoms. The van der Waals surface area contributed by atoms with Crippen molar-refractivity contribution in [2.45, 2.75) is 0 Å². The molecule has 0 aliphatic carbocycles. The lowest BCUT2D eigenvalue weighted by Gasteiger charge is -2.18. The molecule has 3 aromatic carbocycles. The largest absolute Gasteiger partial charge is 0.452 e. The Balaban J connectivity index is 1.96. The predicted octanol–water partition coefficient (Wildman–Crippen LogP) is 4.34. The van der Waals surface area contributed by atoms with Crippen LogP contribution in [-0.2, 0) is 0 Å². The zero-order valence-electron chi connectivity index (χ0n) is 12.9. The van der Waals surface area contributed by atoms with Crippen LogP contribution < -0.4 is 15.9 Å². The second-order valence-electron chi connectivity index (χ2n) is 6.13. The van der Waals surface area contributed by atoms with Crippen molar-refractivity contribution in [2.24, 2.45) is 0 Å². The van der Waals surface area contributed by atoms with Crippen LogP contribution in [0, 0.1) is 0 Å². The number of fused-ring (bicyclic) bond motifs is 5. The zero-order valence-corrected chi connectivity index (χ0v) is 13.8. The van der Waals surface area contributed by atoms with E-state index in [0.29, 0.717) is 0 Å². The van der Waals surface area contributed by atoms with Crippen molar-refractivity contribution >= 4 is 34.1 Å². The highest BCUT2D eigenvalue weighted by molar-refractivity contribution is 7.96. The van der Waals surface area contributed by atoms with E-state index < -0.39 is 7.26 Å². The molecule has 110 valence electrons. The highest BCUT2D eigenvalue weighted by Gasteiger charge is 2.52. The highest BCUT2D eigenvalue weighted by atomic mass is 31.2. The second kappa shape index (κ2) is 4.57. The van der Waals surface area contributed by atoms with Gasteiger partial charge in [-0.05, 0) is 36.4 Å². The van der Waals surface area contributed by atoms with Crippen molar-refractivity contribution in [2.75, 3.05) is 6.66 Å². The van der Waals surface area contributed by atoms with Crippen molar-refractivity contribution < 1.29 is 4.42 Å². The third kappa shape index (κ3) is 1.61. The third-order valence-electron chi connectivity index (χ3n) is 4.92. The van der Waals surface area contributed by atoms with Crippen LogP contribution in [0.1, 0.15) is 0 Å². The molecule has 2 heteroatoms. The minimum absolute atomic E-state index is 0.995. The Labute approximate surface area is 135 Å². The average Bonchev–Trinajstić information content (AvgIpc) is 3.12. The van der Waals surface area contributed by atoms with E-state index in [-0.39, 0.29) is 0 Å². The molecule has 1 aliphatic rings. The van der Waals surface area contributed by atoms with E-state index in [1.54, 1.807) is 0 Å². The molecule has 0 radical (unpaired) electrons. The molecule has 1 nitrogen and oxygen atoms in total. The summed E-state index contributed by atoms with van der Waals surface area (Å²) in [5.74, 6) is 1.07. The lowest BCUT2D eigenvalue weighted by molar-refractivity contribution is 0.635. The van der Waals surface area contributed by atoms with Gasteiger partial charge in [-0.2, -0.15) is 0 Å². The fraction of sp³-hybridized carbons (Fsp3) is 0.0476. The summed E-state index contributed by atoms with van der Waals surface area (Å²) >= 11 is 0. The van der Waals surface area contributed by atoms with Crippen molar-refractivity contribution in [1.29, 1.82) is 0 Å². The van der Waals surface area contributed by atoms with E-state index >= 15 is 0 Å². The van der Waals surface area contributed by atoms with E-state index in [9.17, 15) is 0 Å². The van der Waals surface area contributed by atoms with Crippen LogP contribution in [0.15, 0.2) is 83.3 Å². The second-order valence-corrected chi connectivity index (χ2v) is 9.59. The summed E-state index contributed by atoms with van der Waals surface area (Å²) < 4.78 is 6.28. The van der Waals surface area contributed by atoms with E-state index in [1.165, 1.54) is 26.9 Å². The van der Waals surface area contributed by atoms with Gasteiger partial charge >= 0.3 is 0 Å². The molecular weight excluding hydrogens is 299 g/mol. The van der Waals surface area contributed by atoms with Gasteiger partial charge in [0, 0.05) is 0 Å². The number of para-hydroxylation sites is 1. The van der Waals surface area contributed by atoms with Crippen LogP contribution >= 0.6 is 7.26 Å². The Morgan fingerprint density at radius 2 is 1.43 bits per heavy atom. The van der Waals surface area contributed by atoms with Gasteiger partial charge in [0.2, 0.25) is 0 Å². The predicted molar refractivity (Wildman–Crippen MR) is 99.8 cm³/mol. The molecule has 1 aromatic heterocycles. The molecule has 1 atom stereocenters. The maximum atomic E-state index is 6.28. The Kier molecular flexibility index (Phi) is 2.60. The molecule has 2 heterocycles. The lowest BCUT2D eigenvalue weighted by Crippen LogP contribution is -2.26. The third-order valence-corrected chi connectivity index (χ3v) is 8.94. The SMILES string of the molecule is C[P+]1(c2ccccc2)c2ccccc2-c2oc3ccccc3c21. The minimum Gasteiger partial charge on any atom is -0.452 e. The standard InChI is InChI=1S/C21H16OP/c1-23(15-9-3-2-4-10-15)19-14-8-6-12-17(19)20-21(23)16-11-5-7-13-18(16)22-20/h2-14H,1H3/q+1. The van der Waals surface area contributed by atoms with Gasteiger partial charge in [0.25, 0.3) is 0 Å². The van der Waals surface area contributed by atoms with Crippen LogP contribution in [0.5, 0.6) is 0 Å². The zero-order chi connectivity index (χ0) is 15.4. The van der Waals surface area contributed by atoms with Gasteiger partial charge in [-0.1, -0.05) is 42.5 Å². The Morgan fingerprint density at radius 1 is 0.739 bits per heavy atom. The first-order valence-electron chi connectivity index (χ1n) is 7.84. The Hall–Kier alpha value is -2.37. The quantitative estimate of drug-likeness (QED) is 0.476. The molecular formula is C21H16OP+. The van der Waals surface area contributed by atoms with Gasteiger partial charge in [0.15, 0.2) is 11.1 Å². The Bertz CT molecular complexity index is 1030. The first-order chi connectivity index (χ1) is 11.3. The van der Waals surface area contributed by atoms with Gasteiger partial charge in [0.1, 0.15) is 23.5 Å². The van der Waals surface area contributed by atoms with E-state index in [2.05, 4.69) is 79.5 Å². The topological polar surface area (TPSA) is 13.1 Å². The van der Waals surface area contributed by atoms with E-state index in [0.717, 1.165) is 11.3 Å². The maximum Gasteiger partial charge on any atom is 0.182 e. The van der Waals surface area contributed by atoms with Crippen LogP contribution in [0.3, 0.4) is 0 Å². The summed E-state index contributed by atoms with van der Waals surface area (Å²) in [5.41, 5.74) is 2.26. The van der Waals surface area contributed by atoms with Crippen molar-refractivity contribution in [1.82, 2.24) is 0 Å². The summed E-state index contributed by atoms with van der Waals surface area (Å²) in [6.07, 6.45) is 0. The summed E-state index contributed by atoms with van der Waals surface area (Å²) in [4.78, 5) is 0. The van der Waals surface area contributed by atoms with E-state index in [1.807, 2.05) is 6.07 Å². The molecule has 1 unspecified atom stereocenters. The lowest BCUT2D eigenvalue weighted by atomic mass is 10.1. The molecule has 1 aliphatic heterocycles. The molecule has 0 spiro atoms. The molecule has 23 heavy (non-hydrogen) atoms. The normalized spacial score (nSPS) is 18.8. The van der Waals surface area contributed by atoms with E-state index in [4.69, 9.17) is 4.42 Å². The number of rotatable bonds is 1. The van der Waals surface area contributed by atoms with Crippen LogP contribution in [0.25, 0.3) is 22.3 Å². The number of hydrogen-bond acceptors (Lipinski definition) is 1. The van der Waals surface area contributed by atoms with Crippen LogP contribution in [-0.4, -0.2) is 6.66 Å². The van der Waals surface area contributed by atoms with Crippen molar-refractivity contribution in [3.05, 3.63) is 78.9 Å². The van der Waals surface area contributed by atoms with Crippen molar-refractivity contribution in [3.8, 4) is 11.3 Å². The monoisotopic (exact) mass is 315 g/mol. The van der Waals surface area contributed by atoms with Crippen LogP contribution in [0.2, 0.25) is 0 Å². The molecule has 0 amide bonds. The summed E-state index contributed by atoms with van der Waals surface area (Å²) in [7, 11) is -1.64. The maximum absolute atomic E-state index is 6.28. The number of hydrogen-bond donors (Lipinski definition) is 0. The van der Waals surface area contributed by atoms with Gasteiger partial charge in [-0.15, -0.1) is 0 Å². The highest BCUT2D eigenvalue weighted by Crippen LogP contribution is 2.61. The number of furan rings is 1. The molecule has 0 saturated carbocycles. The minimum atomic E-state index is -1.64. The molecule has 0 N–H and O–H groups in total. The fourth-order valence-corrected chi connectivity index (χ4v) is 7.66. The first kappa shape index (κ1) is 13.1. The summed E-state index contributed by atoms with van der Waals surface area (Å²) in [6.45, 7) is 2.43. The number of benzene rings is 3. The molecule has 0 fully saturated rings. The van der Waals surface area contributed by atoms with Crippen molar-refractivity contribution in [3.63, 3.8) is 0 Å². The van der Waals surface area contributed by atoms with Crippen LogP contribution in [0.4, 0.5) is 0 Å². The average molecular weight is 315 g/mol. The van der Waals surface area contributed by atoms with Gasteiger partial charge in [-0.3, -0.25) is 0 Å². The summed E-state index contributed by atoms with van der Waals surface area (Å²) in [5, 5.41) is 5.52. The Morgan fingerprint density at radius 3 is 2.30 bits per heavy atom. The molecule has 5 rings (SSSR count). The molecule has 4 aromatic rings. The molecule has 0 saturated heterocycles. The first-order valence-corrected chi connectivity index (χ1v) is 10.1. The summed E-state index contributed by atoms with van der Waals surface area (Å²) in [6, 6.07) is 28.1. The fourth-order valence-electron chi connectivity index (χ4n) is 3.83. The van der Waals surface area contributed by atoms with Gasteiger partial charge in [-0.25, -0.2) is 0 Å². The van der Waals surface area contributed by atoms with Gasteiger partial charge < -0.3 is 4.42 Å². The smallest absolute Gasteiger partial charge is 0.182 e.